The number of nitrogens with one attached hydrogen (secondary N) is 1. The monoisotopic (exact) mass is 361 g/mol. The molecule has 0 amide bonds. The highest BCUT2D eigenvalue weighted by atomic mass is 35.5. The molecule has 0 saturated heterocycles. The van der Waals surface area contributed by atoms with Gasteiger partial charge in [0.2, 0.25) is 0 Å². The molecule has 0 heterocycles. The van der Waals surface area contributed by atoms with Gasteiger partial charge in [-0.3, -0.25) is 0 Å². The number of benzene rings is 2. The van der Waals surface area contributed by atoms with E-state index in [9.17, 15) is 5.11 Å². The van der Waals surface area contributed by atoms with Gasteiger partial charge in [0.05, 0.1) is 17.2 Å². The fourth-order valence-electron chi connectivity index (χ4n) is 2.02. The van der Waals surface area contributed by atoms with Gasteiger partial charge in [-0.2, -0.15) is 0 Å². The second-order valence-corrected chi connectivity index (χ2v) is 5.60. The first-order chi connectivity index (χ1) is 10.0. The van der Waals surface area contributed by atoms with E-state index in [-0.39, 0.29) is 24.2 Å². The van der Waals surface area contributed by atoms with Gasteiger partial charge < -0.3 is 15.2 Å². The predicted molar refractivity (Wildman–Crippen MR) is 93.6 cm³/mol. The molecule has 0 fully saturated rings. The first kappa shape index (κ1) is 18.9. The molecular formula is C16H18Cl3NO2. The average Bonchev–Trinajstić information content (AvgIpc) is 2.47. The summed E-state index contributed by atoms with van der Waals surface area (Å²) in [6.07, 6.45) is 0. The number of phenolic OH excluding ortho intramolecular Hbond substituents is 1. The molecule has 1 atom stereocenters. The predicted octanol–water partition coefficient (Wildman–Crippen LogP) is 4.98. The van der Waals surface area contributed by atoms with Crippen molar-refractivity contribution in [2.75, 3.05) is 7.11 Å². The van der Waals surface area contributed by atoms with Crippen LogP contribution in [0.4, 0.5) is 0 Å². The number of rotatable bonds is 5. The lowest BCUT2D eigenvalue weighted by Gasteiger charge is -2.15. The number of hydrogen-bond donors (Lipinski definition) is 2. The molecule has 0 aliphatic rings. The van der Waals surface area contributed by atoms with Gasteiger partial charge in [0.15, 0.2) is 11.5 Å². The lowest BCUT2D eigenvalue weighted by molar-refractivity contribution is 0.373. The van der Waals surface area contributed by atoms with Crippen molar-refractivity contribution in [2.24, 2.45) is 0 Å². The fraction of sp³-hybridized carbons (Fsp3) is 0.250. The third kappa shape index (κ3) is 4.68. The molecule has 0 saturated carbocycles. The summed E-state index contributed by atoms with van der Waals surface area (Å²) in [4.78, 5) is 0. The summed E-state index contributed by atoms with van der Waals surface area (Å²) in [6.45, 7) is 2.67. The Morgan fingerprint density at radius 1 is 1.14 bits per heavy atom. The van der Waals surface area contributed by atoms with E-state index < -0.39 is 0 Å². The van der Waals surface area contributed by atoms with Crippen molar-refractivity contribution >= 4 is 35.6 Å². The second-order valence-electron chi connectivity index (χ2n) is 4.78. The average molecular weight is 363 g/mol. The van der Waals surface area contributed by atoms with Gasteiger partial charge in [-0.1, -0.05) is 35.3 Å². The summed E-state index contributed by atoms with van der Waals surface area (Å²) < 4.78 is 5.02. The molecule has 2 N–H and O–H groups in total. The second kappa shape index (κ2) is 8.49. The number of halogens is 3. The Labute approximate surface area is 146 Å². The van der Waals surface area contributed by atoms with Gasteiger partial charge in [0.1, 0.15) is 0 Å². The summed E-state index contributed by atoms with van der Waals surface area (Å²) in [5.74, 6) is 0.607. The first-order valence-corrected chi connectivity index (χ1v) is 7.31. The topological polar surface area (TPSA) is 41.5 Å². The zero-order chi connectivity index (χ0) is 15.4. The van der Waals surface area contributed by atoms with Crippen LogP contribution in [0.5, 0.6) is 11.5 Å². The van der Waals surface area contributed by atoms with Crippen LogP contribution in [0.2, 0.25) is 10.0 Å². The van der Waals surface area contributed by atoms with Crippen LogP contribution in [0.15, 0.2) is 36.4 Å². The Morgan fingerprint density at radius 3 is 2.45 bits per heavy atom. The molecule has 0 bridgehead atoms. The Kier molecular flexibility index (Phi) is 7.30. The van der Waals surface area contributed by atoms with Crippen LogP contribution in [-0.2, 0) is 6.54 Å². The standard InChI is InChI=1S/C16H17Cl2NO2.ClH/c1-10(12-4-5-13(17)14(18)8-12)19-9-11-3-6-16(21-2)15(20)7-11;/h3-8,10,19-20H,9H2,1-2H3;1H. The molecule has 6 heteroatoms. The molecule has 0 aromatic heterocycles. The van der Waals surface area contributed by atoms with Crippen molar-refractivity contribution in [2.45, 2.75) is 19.5 Å². The molecule has 2 aromatic rings. The summed E-state index contributed by atoms with van der Waals surface area (Å²) >= 11 is 11.9. The Morgan fingerprint density at radius 2 is 1.86 bits per heavy atom. The van der Waals surface area contributed by atoms with Crippen LogP contribution >= 0.6 is 35.6 Å². The Bertz CT molecular complexity index is 635. The van der Waals surface area contributed by atoms with E-state index in [0.717, 1.165) is 11.1 Å². The van der Waals surface area contributed by atoms with E-state index in [1.165, 1.54) is 7.11 Å². The van der Waals surface area contributed by atoms with Crippen molar-refractivity contribution in [3.05, 3.63) is 57.6 Å². The highest BCUT2D eigenvalue weighted by Crippen LogP contribution is 2.27. The summed E-state index contributed by atoms with van der Waals surface area (Å²) in [7, 11) is 1.53. The maximum atomic E-state index is 9.76. The van der Waals surface area contributed by atoms with Crippen LogP contribution < -0.4 is 10.1 Å². The number of ether oxygens (including phenoxy) is 1. The smallest absolute Gasteiger partial charge is 0.160 e. The number of methoxy groups -OCH3 is 1. The molecular weight excluding hydrogens is 345 g/mol. The maximum Gasteiger partial charge on any atom is 0.160 e. The lowest BCUT2D eigenvalue weighted by Crippen LogP contribution is -2.18. The number of phenols is 1. The molecule has 22 heavy (non-hydrogen) atoms. The number of hydrogen-bond acceptors (Lipinski definition) is 3. The van der Waals surface area contributed by atoms with Crippen LogP contribution in [0, 0.1) is 0 Å². The SMILES string of the molecule is COc1ccc(CNC(C)c2ccc(Cl)c(Cl)c2)cc1O.Cl. The molecule has 0 aliphatic heterocycles. The molecule has 1 unspecified atom stereocenters. The first-order valence-electron chi connectivity index (χ1n) is 6.55. The molecule has 0 radical (unpaired) electrons. The third-order valence-electron chi connectivity index (χ3n) is 3.30. The van der Waals surface area contributed by atoms with Crippen molar-refractivity contribution < 1.29 is 9.84 Å². The van der Waals surface area contributed by atoms with Gasteiger partial charge >= 0.3 is 0 Å². The van der Waals surface area contributed by atoms with Gasteiger partial charge in [-0.25, -0.2) is 0 Å². The van der Waals surface area contributed by atoms with Crippen LogP contribution in [0.3, 0.4) is 0 Å². The molecule has 120 valence electrons. The molecule has 3 nitrogen and oxygen atoms in total. The highest BCUT2D eigenvalue weighted by Gasteiger charge is 2.08. The van der Waals surface area contributed by atoms with Crippen LogP contribution in [0.1, 0.15) is 24.1 Å². The van der Waals surface area contributed by atoms with E-state index in [2.05, 4.69) is 5.32 Å². The normalized spacial score (nSPS) is 11.6. The van der Waals surface area contributed by atoms with Gasteiger partial charge in [-0.15, -0.1) is 12.4 Å². The number of aromatic hydroxyl groups is 1. The molecule has 0 spiro atoms. The summed E-state index contributed by atoms with van der Waals surface area (Å²) in [6, 6.07) is 11.0. The van der Waals surface area contributed by atoms with E-state index in [4.69, 9.17) is 27.9 Å². The largest absolute Gasteiger partial charge is 0.504 e. The van der Waals surface area contributed by atoms with Gasteiger partial charge in [0.25, 0.3) is 0 Å². The third-order valence-corrected chi connectivity index (χ3v) is 4.04. The summed E-state index contributed by atoms with van der Waals surface area (Å²) in [5, 5.41) is 14.2. The minimum atomic E-state index is 0. The van der Waals surface area contributed by atoms with Crippen molar-refractivity contribution in [3.8, 4) is 11.5 Å². The minimum Gasteiger partial charge on any atom is -0.504 e. The quantitative estimate of drug-likeness (QED) is 0.788. The van der Waals surface area contributed by atoms with Gasteiger partial charge in [0, 0.05) is 12.6 Å². The van der Waals surface area contributed by atoms with E-state index in [1.54, 1.807) is 18.2 Å². The molecule has 2 rings (SSSR count). The van der Waals surface area contributed by atoms with E-state index >= 15 is 0 Å². The Hall–Kier alpha value is -1.13. The van der Waals surface area contributed by atoms with Crippen molar-refractivity contribution in [3.63, 3.8) is 0 Å². The lowest BCUT2D eigenvalue weighted by atomic mass is 10.1. The van der Waals surface area contributed by atoms with E-state index in [1.807, 2.05) is 25.1 Å². The minimum absolute atomic E-state index is 0. The summed E-state index contributed by atoms with van der Waals surface area (Å²) in [5.41, 5.74) is 2.03. The van der Waals surface area contributed by atoms with Crippen LogP contribution in [-0.4, -0.2) is 12.2 Å². The zero-order valence-electron chi connectivity index (χ0n) is 12.3. The molecule has 0 aliphatic carbocycles. The zero-order valence-corrected chi connectivity index (χ0v) is 14.6. The maximum absolute atomic E-state index is 9.76. The van der Waals surface area contributed by atoms with Crippen molar-refractivity contribution in [1.82, 2.24) is 5.32 Å². The Balaban J connectivity index is 0.00000242. The van der Waals surface area contributed by atoms with E-state index in [0.29, 0.717) is 22.3 Å². The van der Waals surface area contributed by atoms with Crippen LogP contribution in [0.25, 0.3) is 0 Å². The highest BCUT2D eigenvalue weighted by molar-refractivity contribution is 6.42. The van der Waals surface area contributed by atoms with Crippen molar-refractivity contribution in [1.29, 1.82) is 0 Å². The van der Waals surface area contributed by atoms with Gasteiger partial charge in [-0.05, 0) is 42.3 Å². The fourth-order valence-corrected chi connectivity index (χ4v) is 2.32. The molecule has 2 aromatic carbocycles.